The molecule has 0 amide bonds. The standard InChI is InChI=1S/C7H15N3O/c1-3-11-10-6-7(2,8)4-5-9-6/h3-5,8H2,1-2H3,(H,9,10). The summed E-state index contributed by atoms with van der Waals surface area (Å²) in [5, 5.41) is 0. The third kappa shape index (κ3) is 1.91. The molecule has 0 aromatic heterocycles. The van der Waals surface area contributed by atoms with Gasteiger partial charge in [0.25, 0.3) is 0 Å². The van der Waals surface area contributed by atoms with Crippen LogP contribution in [0.25, 0.3) is 0 Å². The molecule has 1 heterocycles. The molecule has 0 aromatic carbocycles. The highest BCUT2D eigenvalue weighted by Gasteiger charge is 2.29. The Morgan fingerprint density at radius 3 is 3.00 bits per heavy atom. The summed E-state index contributed by atoms with van der Waals surface area (Å²) in [5.74, 6) is 0.763. The molecule has 3 N–H and O–H groups in total. The minimum absolute atomic E-state index is 0.324. The molecule has 1 atom stereocenters. The highest BCUT2D eigenvalue weighted by molar-refractivity contribution is 5.91. The summed E-state index contributed by atoms with van der Waals surface area (Å²) in [5.41, 5.74) is 8.31. The molecule has 1 aliphatic heterocycles. The molecule has 1 unspecified atom stereocenters. The second-order valence-corrected chi connectivity index (χ2v) is 2.93. The molecule has 0 radical (unpaired) electrons. The maximum absolute atomic E-state index is 5.89. The quantitative estimate of drug-likeness (QED) is 0.557. The molecule has 4 nitrogen and oxygen atoms in total. The molecule has 1 aliphatic rings. The van der Waals surface area contributed by atoms with Gasteiger partial charge in [-0.2, -0.15) is 0 Å². The van der Waals surface area contributed by atoms with E-state index in [1.807, 2.05) is 13.8 Å². The van der Waals surface area contributed by atoms with Gasteiger partial charge in [0, 0.05) is 6.54 Å². The van der Waals surface area contributed by atoms with E-state index in [4.69, 9.17) is 10.6 Å². The Balaban J connectivity index is 2.44. The first kappa shape index (κ1) is 8.49. The molecular weight excluding hydrogens is 142 g/mol. The maximum Gasteiger partial charge on any atom is 0.140 e. The summed E-state index contributed by atoms with van der Waals surface area (Å²) < 4.78 is 0. The van der Waals surface area contributed by atoms with Gasteiger partial charge >= 0.3 is 0 Å². The minimum atomic E-state index is -0.324. The number of hydrogen-bond donors (Lipinski definition) is 2. The topological polar surface area (TPSA) is 59.6 Å². The maximum atomic E-state index is 5.89. The summed E-state index contributed by atoms with van der Waals surface area (Å²) in [7, 11) is 0. The van der Waals surface area contributed by atoms with Crippen LogP contribution in [0.4, 0.5) is 0 Å². The summed E-state index contributed by atoms with van der Waals surface area (Å²) >= 11 is 0. The van der Waals surface area contributed by atoms with Gasteiger partial charge in [-0.15, -0.1) is 0 Å². The largest absolute Gasteiger partial charge is 0.319 e. The summed E-state index contributed by atoms with van der Waals surface area (Å²) in [4.78, 5) is 9.17. The lowest BCUT2D eigenvalue weighted by Gasteiger charge is -2.20. The van der Waals surface area contributed by atoms with Crippen molar-refractivity contribution in [2.24, 2.45) is 10.7 Å². The Bertz CT molecular complexity index is 165. The Morgan fingerprint density at radius 1 is 1.82 bits per heavy atom. The third-order valence-corrected chi connectivity index (χ3v) is 1.76. The molecular formula is C7H15N3O. The van der Waals surface area contributed by atoms with Crippen LogP contribution in [-0.2, 0) is 4.84 Å². The highest BCUT2D eigenvalue weighted by atomic mass is 16.6. The lowest BCUT2D eigenvalue weighted by molar-refractivity contribution is 0.0931. The minimum Gasteiger partial charge on any atom is -0.319 e. The van der Waals surface area contributed by atoms with E-state index in [2.05, 4.69) is 10.5 Å². The lowest BCUT2D eigenvalue weighted by Crippen LogP contribution is -2.48. The van der Waals surface area contributed by atoms with Gasteiger partial charge in [0.15, 0.2) is 0 Å². The Morgan fingerprint density at radius 2 is 2.55 bits per heavy atom. The van der Waals surface area contributed by atoms with E-state index in [1.165, 1.54) is 0 Å². The number of nitrogens with one attached hydrogen (secondary N) is 1. The highest BCUT2D eigenvalue weighted by Crippen LogP contribution is 2.13. The number of aliphatic imine (C=N–C) groups is 1. The number of nitrogens with two attached hydrogens (primary N) is 1. The van der Waals surface area contributed by atoms with Crippen LogP contribution in [0.2, 0.25) is 0 Å². The van der Waals surface area contributed by atoms with Crippen LogP contribution < -0.4 is 11.2 Å². The average molecular weight is 157 g/mol. The second kappa shape index (κ2) is 3.19. The third-order valence-electron chi connectivity index (χ3n) is 1.76. The predicted octanol–water partition coefficient (Wildman–Crippen LogP) is 0.0471. The number of rotatable bonds is 2. The summed E-state index contributed by atoms with van der Waals surface area (Å²) in [6.45, 7) is 5.28. The second-order valence-electron chi connectivity index (χ2n) is 2.93. The Labute approximate surface area is 66.8 Å². The molecule has 0 aliphatic carbocycles. The van der Waals surface area contributed by atoms with E-state index in [9.17, 15) is 0 Å². The molecule has 0 spiro atoms. The molecule has 0 fully saturated rings. The SMILES string of the molecule is CCONC1=NCCC1(C)N. The van der Waals surface area contributed by atoms with Crippen LogP contribution in [0.3, 0.4) is 0 Å². The van der Waals surface area contributed by atoms with Gasteiger partial charge in [-0.05, 0) is 20.3 Å². The van der Waals surface area contributed by atoms with E-state index in [0.717, 1.165) is 18.8 Å². The lowest BCUT2D eigenvalue weighted by atomic mass is 10.0. The van der Waals surface area contributed by atoms with Gasteiger partial charge in [-0.25, -0.2) is 0 Å². The van der Waals surface area contributed by atoms with E-state index >= 15 is 0 Å². The Kier molecular flexibility index (Phi) is 2.46. The van der Waals surface area contributed by atoms with E-state index in [-0.39, 0.29) is 5.54 Å². The van der Waals surface area contributed by atoms with Crippen LogP contribution in [0.15, 0.2) is 4.99 Å². The smallest absolute Gasteiger partial charge is 0.140 e. The fraction of sp³-hybridized carbons (Fsp3) is 0.857. The normalized spacial score (nSPS) is 30.3. The van der Waals surface area contributed by atoms with Gasteiger partial charge < -0.3 is 5.73 Å². The van der Waals surface area contributed by atoms with Crippen molar-refractivity contribution in [3.05, 3.63) is 0 Å². The fourth-order valence-electron chi connectivity index (χ4n) is 0.988. The van der Waals surface area contributed by atoms with Crippen molar-refractivity contribution in [3.8, 4) is 0 Å². The molecule has 1 rings (SSSR count). The van der Waals surface area contributed by atoms with Gasteiger partial charge in [-0.1, -0.05) is 0 Å². The van der Waals surface area contributed by atoms with Crippen LogP contribution in [0, 0.1) is 0 Å². The first-order valence-electron chi connectivity index (χ1n) is 3.88. The van der Waals surface area contributed by atoms with Crippen LogP contribution in [0.5, 0.6) is 0 Å². The number of nitrogens with zero attached hydrogens (tertiary/aromatic N) is 1. The molecule has 11 heavy (non-hydrogen) atoms. The van der Waals surface area contributed by atoms with Gasteiger partial charge in [0.1, 0.15) is 5.84 Å². The number of hydrogen-bond acceptors (Lipinski definition) is 4. The van der Waals surface area contributed by atoms with Gasteiger partial charge in [0.05, 0.1) is 12.1 Å². The summed E-state index contributed by atoms with van der Waals surface area (Å²) in [6, 6.07) is 0. The van der Waals surface area contributed by atoms with Crippen molar-refractivity contribution in [2.75, 3.05) is 13.2 Å². The van der Waals surface area contributed by atoms with Crippen molar-refractivity contribution in [1.29, 1.82) is 0 Å². The summed E-state index contributed by atoms with van der Waals surface area (Å²) in [6.07, 6.45) is 0.891. The van der Waals surface area contributed by atoms with Crippen molar-refractivity contribution in [3.63, 3.8) is 0 Å². The molecule has 64 valence electrons. The number of hydroxylamine groups is 1. The van der Waals surface area contributed by atoms with Crippen molar-refractivity contribution >= 4 is 5.84 Å². The number of amidine groups is 1. The van der Waals surface area contributed by atoms with E-state index in [1.54, 1.807) is 0 Å². The molecule has 0 aromatic rings. The molecule has 0 saturated heterocycles. The predicted molar refractivity (Wildman–Crippen MR) is 44.3 cm³/mol. The van der Waals surface area contributed by atoms with Crippen molar-refractivity contribution in [1.82, 2.24) is 5.48 Å². The van der Waals surface area contributed by atoms with Crippen LogP contribution in [0.1, 0.15) is 20.3 Å². The van der Waals surface area contributed by atoms with Gasteiger partial charge in [-0.3, -0.25) is 15.3 Å². The first-order chi connectivity index (χ1) is 5.17. The van der Waals surface area contributed by atoms with Crippen LogP contribution in [-0.4, -0.2) is 24.5 Å². The van der Waals surface area contributed by atoms with Crippen LogP contribution >= 0.6 is 0 Å². The average Bonchev–Trinajstić information content (AvgIpc) is 2.25. The fourth-order valence-corrected chi connectivity index (χ4v) is 0.988. The molecule has 4 heteroatoms. The van der Waals surface area contributed by atoms with Crippen molar-refractivity contribution < 1.29 is 4.84 Å². The zero-order valence-corrected chi connectivity index (χ0v) is 7.05. The van der Waals surface area contributed by atoms with Gasteiger partial charge in [0.2, 0.25) is 0 Å². The first-order valence-corrected chi connectivity index (χ1v) is 3.88. The Hall–Kier alpha value is -0.610. The van der Waals surface area contributed by atoms with E-state index in [0.29, 0.717) is 6.61 Å². The van der Waals surface area contributed by atoms with E-state index < -0.39 is 0 Å². The molecule has 0 bridgehead atoms. The zero-order valence-electron chi connectivity index (χ0n) is 7.05. The monoisotopic (exact) mass is 157 g/mol. The van der Waals surface area contributed by atoms with Crippen molar-refractivity contribution in [2.45, 2.75) is 25.8 Å². The zero-order chi connectivity index (χ0) is 8.32. The molecule has 0 saturated carbocycles.